The highest BCUT2D eigenvalue weighted by molar-refractivity contribution is 5.85. The predicted molar refractivity (Wildman–Crippen MR) is 67.2 cm³/mol. The van der Waals surface area contributed by atoms with Crippen LogP contribution in [0.25, 0.3) is 0 Å². The molecular formula is C13H21F3N2O2. The predicted octanol–water partition coefficient (Wildman–Crippen LogP) is 1.56. The minimum atomic E-state index is -4.23. The number of piperidine rings is 2. The molecule has 2 aliphatic rings. The van der Waals surface area contributed by atoms with Crippen molar-refractivity contribution in [3.05, 3.63) is 0 Å². The van der Waals surface area contributed by atoms with Crippen LogP contribution >= 0.6 is 0 Å². The quantitative estimate of drug-likeness (QED) is 0.840. The van der Waals surface area contributed by atoms with Crippen molar-refractivity contribution in [2.24, 2.45) is 5.92 Å². The summed E-state index contributed by atoms with van der Waals surface area (Å²) >= 11 is 0. The van der Waals surface area contributed by atoms with E-state index in [1.54, 1.807) is 0 Å². The zero-order valence-electron chi connectivity index (χ0n) is 11.6. The Morgan fingerprint density at radius 1 is 1.35 bits per heavy atom. The largest absolute Gasteiger partial charge is 0.393 e. The first-order valence-corrected chi connectivity index (χ1v) is 7.01. The molecule has 0 bridgehead atoms. The van der Waals surface area contributed by atoms with E-state index in [-0.39, 0.29) is 18.9 Å². The Kier molecular flexibility index (Phi) is 4.59. The molecule has 116 valence electrons. The Balaban J connectivity index is 2.07. The Hall–Kier alpha value is -0.820. The second kappa shape index (κ2) is 5.89. The number of hydrogen-bond acceptors (Lipinski definition) is 3. The molecule has 0 aromatic carbocycles. The number of carbonyl (C=O) groups is 1. The van der Waals surface area contributed by atoms with Gasteiger partial charge < -0.3 is 15.0 Å². The lowest BCUT2D eigenvalue weighted by Crippen LogP contribution is -2.57. The van der Waals surface area contributed by atoms with Crippen molar-refractivity contribution in [2.75, 3.05) is 33.3 Å². The molecule has 1 atom stereocenters. The summed E-state index contributed by atoms with van der Waals surface area (Å²) in [5.74, 6) is -1.69. The van der Waals surface area contributed by atoms with Crippen molar-refractivity contribution in [1.29, 1.82) is 0 Å². The van der Waals surface area contributed by atoms with Gasteiger partial charge in [-0.05, 0) is 38.8 Å². The topological polar surface area (TPSA) is 41.6 Å². The number of nitrogens with one attached hydrogen (secondary N) is 1. The van der Waals surface area contributed by atoms with Gasteiger partial charge in [-0.15, -0.1) is 0 Å². The highest BCUT2D eigenvalue weighted by Gasteiger charge is 2.47. The van der Waals surface area contributed by atoms with E-state index in [1.165, 1.54) is 12.0 Å². The Morgan fingerprint density at radius 3 is 2.55 bits per heavy atom. The number of halogens is 3. The molecule has 0 spiro atoms. The van der Waals surface area contributed by atoms with Crippen molar-refractivity contribution in [3.63, 3.8) is 0 Å². The fourth-order valence-corrected chi connectivity index (χ4v) is 3.05. The third kappa shape index (κ3) is 3.09. The Morgan fingerprint density at radius 2 is 2.00 bits per heavy atom. The van der Waals surface area contributed by atoms with Crippen LogP contribution in [0.15, 0.2) is 0 Å². The summed E-state index contributed by atoms with van der Waals surface area (Å²) in [6.45, 7) is 1.46. The highest BCUT2D eigenvalue weighted by atomic mass is 19.4. The molecular weight excluding hydrogens is 273 g/mol. The van der Waals surface area contributed by atoms with E-state index >= 15 is 0 Å². The normalized spacial score (nSPS) is 27.4. The summed E-state index contributed by atoms with van der Waals surface area (Å²) in [7, 11) is 1.47. The average molecular weight is 294 g/mol. The van der Waals surface area contributed by atoms with Crippen LogP contribution in [0.5, 0.6) is 0 Å². The first-order valence-electron chi connectivity index (χ1n) is 7.01. The Bertz CT molecular complexity index is 354. The van der Waals surface area contributed by atoms with Gasteiger partial charge in [0.25, 0.3) is 5.91 Å². The molecule has 2 fully saturated rings. The summed E-state index contributed by atoms with van der Waals surface area (Å²) in [5.41, 5.74) is -0.946. The third-order valence-electron chi connectivity index (χ3n) is 4.36. The van der Waals surface area contributed by atoms with Gasteiger partial charge in [0.2, 0.25) is 0 Å². The molecule has 0 saturated carbocycles. The van der Waals surface area contributed by atoms with Crippen molar-refractivity contribution >= 4 is 5.91 Å². The SMILES string of the molecule is COC1(C(=O)N2CCCC(C(F)(F)F)C2)CCNCC1. The van der Waals surface area contributed by atoms with Crippen LogP contribution in [-0.2, 0) is 9.53 Å². The van der Waals surface area contributed by atoms with Crippen LogP contribution in [0, 0.1) is 5.92 Å². The Labute approximate surface area is 116 Å². The number of ether oxygens (including phenoxy) is 1. The lowest BCUT2D eigenvalue weighted by Gasteiger charge is -2.42. The van der Waals surface area contributed by atoms with E-state index in [1.807, 2.05) is 0 Å². The van der Waals surface area contributed by atoms with Crippen LogP contribution in [0.2, 0.25) is 0 Å². The van der Waals surface area contributed by atoms with Gasteiger partial charge in [-0.25, -0.2) is 0 Å². The molecule has 0 aliphatic carbocycles. The van der Waals surface area contributed by atoms with Crippen molar-refractivity contribution in [1.82, 2.24) is 10.2 Å². The van der Waals surface area contributed by atoms with Crippen LogP contribution in [0.3, 0.4) is 0 Å². The van der Waals surface area contributed by atoms with Crippen LogP contribution < -0.4 is 5.32 Å². The van der Waals surface area contributed by atoms with Gasteiger partial charge in [0, 0.05) is 20.2 Å². The molecule has 1 N–H and O–H groups in total. The highest BCUT2D eigenvalue weighted by Crippen LogP contribution is 2.35. The van der Waals surface area contributed by atoms with E-state index in [4.69, 9.17) is 4.74 Å². The van der Waals surface area contributed by atoms with Crippen molar-refractivity contribution in [3.8, 4) is 0 Å². The summed E-state index contributed by atoms with van der Waals surface area (Å²) < 4.78 is 43.9. The first kappa shape index (κ1) is 15.6. The molecule has 0 radical (unpaired) electrons. The molecule has 1 unspecified atom stereocenters. The summed E-state index contributed by atoms with van der Waals surface area (Å²) in [5, 5.41) is 3.13. The molecule has 2 heterocycles. The van der Waals surface area contributed by atoms with E-state index in [9.17, 15) is 18.0 Å². The second-order valence-corrected chi connectivity index (χ2v) is 5.58. The summed E-state index contributed by atoms with van der Waals surface area (Å²) in [4.78, 5) is 13.9. The number of carbonyl (C=O) groups excluding carboxylic acids is 1. The van der Waals surface area contributed by atoms with Gasteiger partial charge in [-0.1, -0.05) is 0 Å². The zero-order chi connectivity index (χ0) is 14.8. The van der Waals surface area contributed by atoms with Crippen molar-refractivity contribution < 1.29 is 22.7 Å². The van der Waals surface area contributed by atoms with E-state index in [0.29, 0.717) is 38.9 Å². The monoisotopic (exact) mass is 294 g/mol. The number of amides is 1. The minimum Gasteiger partial charge on any atom is -0.368 e. The van der Waals surface area contributed by atoms with E-state index in [0.717, 1.165) is 0 Å². The second-order valence-electron chi connectivity index (χ2n) is 5.58. The molecule has 2 aliphatic heterocycles. The summed E-state index contributed by atoms with van der Waals surface area (Å²) in [6, 6.07) is 0. The average Bonchev–Trinajstić information content (AvgIpc) is 2.46. The number of hydrogen-bond donors (Lipinski definition) is 1. The van der Waals surface area contributed by atoms with E-state index < -0.39 is 17.7 Å². The molecule has 2 saturated heterocycles. The zero-order valence-corrected chi connectivity index (χ0v) is 11.6. The number of likely N-dealkylation sites (tertiary alicyclic amines) is 1. The molecule has 7 heteroatoms. The fraction of sp³-hybridized carbons (Fsp3) is 0.923. The number of methoxy groups -OCH3 is 1. The lowest BCUT2D eigenvalue weighted by atomic mass is 9.88. The first-order chi connectivity index (χ1) is 9.39. The van der Waals surface area contributed by atoms with Crippen molar-refractivity contribution in [2.45, 2.75) is 37.5 Å². The third-order valence-corrected chi connectivity index (χ3v) is 4.36. The fourth-order valence-electron chi connectivity index (χ4n) is 3.05. The van der Waals surface area contributed by atoms with Gasteiger partial charge >= 0.3 is 6.18 Å². The number of alkyl halides is 3. The molecule has 2 rings (SSSR count). The number of rotatable bonds is 2. The molecule has 4 nitrogen and oxygen atoms in total. The maximum atomic E-state index is 12.8. The van der Waals surface area contributed by atoms with Crippen LogP contribution in [0.1, 0.15) is 25.7 Å². The standard InChI is InChI=1S/C13H21F3N2O2/c1-20-12(4-6-17-7-5-12)11(19)18-8-2-3-10(9-18)13(14,15)16/h10,17H,2-9H2,1H3. The van der Waals surface area contributed by atoms with Gasteiger partial charge in [-0.2, -0.15) is 13.2 Å². The number of nitrogens with zero attached hydrogens (tertiary/aromatic N) is 1. The molecule has 0 aromatic heterocycles. The molecule has 1 amide bonds. The summed E-state index contributed by atoms with van der Waals surface area (Å²) in [6.07, 6.45) is -2.71. The molecule has 20 heavy (non-hydrogen) atoms. The van der Waals surface area contributed by atoms with Gasteiger partial charge in [0.05, 0.1) is 5.92 Å². The maximum absolute atomic E-state index is 12.8. The lowest BCUT2D eigenvalue weighted by molar-refractivity contribution is -0.193. The van der Waals surface area contributed by atoms with Gasteiger partial charge in [0.15, 0.2) is 0 Å². The van der Waals surface area contributed by atoms with Crippen LogP contribution in [-0.4, -0.2) is 55.9 Å². The molecule has 0 aromatic rings. The van der Waals surface area contributed by atoms with Crippen LogP contribution in [0.4, 0.5) is 13.2 Å². The maximum Gasteiger partial charge on any atom is 0.393 e. The van der Waals surface area contributed by atoms with Gasteiger partial charge in [0.1, 0.15) is 5.60 Å². The van der Waals surface area contributed by atoms with E-state index in [2.05, 4.69) is 5.32 Å². The smallest absolute Gasteiger partial charge is 0.368 e. The van der Waals surface area contributed by atoms with Gasteiger partial charge in [-0.3, -0.25) is 4.79 Å². The minimum absolute atomic E-state index is 0.106.